The van der Waals surface area contributed by atoms with Gasteiger partial charge in [0.2, 0.25) is 5.91 Å². The molecule has 0 atom stereocenters. The van der Waals surface area contributed by atoms with Gasteiger partial charge in [0.15, 0.2) is 11.6 Å². The van der Waals surface area contributed by atoms with Crippen molar-refractivity contribution in [3.8, 4) is 11.1 Å². The summed E-state index contributed by atoms with van der Waals surface area (Å²) in [6.07, 6.45) is 13.9. The van der Waals surface area contributed by atoms with Crippen LogP contribution in [-0.2, 0) is 4.79 Å². The molecule has 1 aliphatic carbocycles. The second-order valence-corrected chi connectivity index (χ2v) is 9.63. The van der Waals surface area contributed by atoms with Crippen molar-refractivity contribution in [1.82, 2.24) is 15.1 Å². The predicted octanol–water partition coefficient (Wildman–Crippen LogP) is 6.45. The van der Waals surface area contributed by atoms with Gasteiger partial charge < -0.3 is 4.90 Å². The number of carbonyl (C=O) groups excluding carboxylic acids is 1. The van der Waals surface area contributed by atoms with E-state index in [1.165, 1.54) is 44.7 Å². The summed E-state index contributed by atoms with van der Waals surface area (Å²) >= 11 is 0. The van der Waals surface area contributed by atoms with E-state index >= 15 is 0 Å². The number of likely N-dealkylation sites (tertiary alicyclic amines) is 1. The molecule has 1 aliphatic heterocycles. The molecule has 1 N–H and O–H groups in total. The van der Waals surface area contributed by atoms with E-state index in [4.69, 9.17) is 0 Å². The Morgan fingerprint density at radius 3 is 2.47 bits per heavy atom. The third kappa shape index (κ3) is 5.05. The Balaban J connectivity index is 1.30. The molecular weight excluding hydrogens is 408 g/mol. The third-order valence-corrected chi connectivity index (χ3v) is 7.58. The number of unbranched alkanes of at least 4 members (excludes halogenated alkanes) is 2. The van der Waals surface area contributed by atoms with Crippen LogP contribution in [0.4, 0.5) is 8.78 Å². The highest BCUT2D eigenvalue weighted by Crippen LogP contribution is 2.36. The van der Waals surface area contributed by atoms with Gasteiger partial charge in [-0.25, -0.2) is 8.78 Å². The molecule has 1 aromatic heterocycles. The number of H-pyrrole nitrogens is 1. The monoisotopic (exact) mass is 443 g/mol. The van der Waals surface area contributed by atoms with Crippen molar-refractivity contribution in [2.75, 3.05) is 13.1 Å². The molecule has 0 unspecified atom stereocenters. The highest BCUT2D eigenvalue weighted by atomic mass is 19.2. The van der Waals surface area contributed by atoms with E-state index in [9.17, 15) is 13.6 Å². The lowest BCUT2D eigenvalue weighted by atomic mass is 9.78. The quantitative estimate of drug-likeness (QED) is 0.500. The molecule has 6 heteroatoms. The van der Waals surface area contributed by atoms with Crippen LogP contribution in [0.5, 0.6) is 0 Å². The van der Waals surface area contributed by atoms with E-state index < -0.39 is 11.6 Å². The smallest absolute Gasteiger partial charge is 0.225 e. The molecule has 174 valence electrons. The van der Waals surface area contributed by atoms with Crippen LogP contribution in [0.1, 0.15) is 82.6 Å². The van der Waals surface area contributed by atoms with Crippen molar-refractivity contribution in [3.05, 3.63) is 41.7 Å². The molecule has 1 saturated carbocycles. The first-order valence-corrected chi connectivity index (χ1v) is 12.3. The van der Waals surface area contributed by atoms with Crippen LogP contribution in [-0.4, -0.2) is 34.1 Å². The molecule has 4 nitrogen and oxygen atoms in total. The first-order chi connectivity index (χ1) is 15.6. The number of halogens is 2. The molecule has 2 aliphatic rings. The van der Waals surface area contributed by atoms with Gasteiger partial charge in [-0.05, 0) is 55.9 Å². The molecule has 32 heavy (non-hydrogen) atoms. The Kier molecular flexibility index (Phi) is 7.59. The third-order valence-electron chi connectivity index (χ3n) is 7.58. The summed E-state index contributed by atoms with van der Waals surface area (Å²) in [5.74, 6) is -0.428. The molecule has 0 radical (unpaired) electrons. The maximum Gasteiger partial charge on any atom is 0.225 e. The number of amides is 1. The van der Waals surface area contributed by atoms with Crippen molar-refractivity contribution in [3.63, 3.8) is 0 Å². The summed E-state index contributed by atoms with van der Waals surface area (Å²) in [6.45, 7) is 3.49. The van der Waals surface area contributed by atoms with E-state index in [-0.39, 0.29) is 23.3 Å². The lowest BCUT2D eigenvalue weighted by Crippen LogP contribution is -2.42. The van der Waals surface area contributed by atoms with Gasteiger partial charge in [-0.3, -0.25) is 9.89 Å². The molecule has 0 spiro atoms. The van der Waals surface area contributed by atoms with Crippen molar-refractivity contribution >= 4 is 5.91 Å². The zero-order valence-corrected chi connectivity index (χ0v) is 19.1. The molecule has 2 fully saturated rings. The van der Waals surface area contributed by atoms with Gasteiger partial charge in [0.1, 0.15) is 0 Å². The van der Waals surface area contributed by atoms with Gasteiger partial charge in [0.05, 0.1) is 6.20 Å². The summed E-state index contributed by atoms with van der Waals surface area (Å²) in [6, 6.07) is 3.33. The van der Waals surface area contributed by atoms with Crippen LogP contribution in [0.15, 0.2) is 24.5 Å². The zero-order chi connectivity index (χ0) is 22.5. The van der Waals surface area contributed by atoms with E-state index in [2.05, 4.69) is 17.1 Å². The molecule has 1 saturated heterocycles. The minimum atomic E-state index is -0.821. The van der Waals surface area contributed by atoms with Crippen LogP contribution in [0, 0.1) is 23.5 Å². The highest BCUT2D eigenvalue weighted by Gasteiger charge is 2.32. The second-order valence-electron chi connectivity index (χ2n) is 9.63. The van der Waals surface area contributed by atoms with Gasteiger partial charge in [0.25, 0.3) is 0 Å². The minimum Gasteiger partial charge on any atom is -0.342 e. The van der Waals surface area contributed by atoms with Crippen LogP contribution in [0.2, 0.25) is 0 Å². The molecule has 2 heterocycles. The van der Waals surface area contributed by atoms with Crippen LogP contribution in [0.25, 0.3) is 11.1 Å². The number of aromatic nitrogens is 2. The SMILES string of the molecule is CCCCC[C@H]1CC[C@H](C(=O)N2CCC(c3ccc(-c4cn[nH]c4)c(F)c3F)CC2)CC1. The largest absolute Gasteiger partial charge is 0.342 e. The Morgan fingerprint density at radius 1 is 1.06 bits per heavy atom. The van der Waals surface area contributed by atoms with Crippen molar-refractivity contribution in [2.24, 2.45) is 11.8 Å². The maximum absolute atomic E-state index is 14.8. The first kappa shape index (κ1) is 22.9. The molecular formula is C26H35F2N3O. The molecule has 1 aromatic carbocycles. The normalized spacial score (nSPS) is 22.3. The fourth-order valence-corrected chi connectivity index (χ4v) is 5.55. The molecule has 2 aromatic rings. The average molecular weight is 444 g/mol. The topological polar surface area (TPSA) is 49.0 Å². The number of hydrogen-bond acceptors (Lipinski definition) is 2. The average Bonchev–Trinajstić information content (AvgIpc) is 3.36. The number of aromatic amines is 1. The van der Waals surface area contributed by atoms with Gasteiger partial charge in [-0.15, -0.1) is 0 Å². The molecule has 1 amide bonds. The van der Waals surface area contributed by atoms with E-state index in [0.29, 0.717) is 37.1 Å². The summed E-state index contributed by atoms with van der Waals surface area (Å²) < 4.78 is 29.5. The lowest BCUT2D eigenvalue weighted by Gasteiger charge is -2.36. The highest BCUT2D eigenvalue weighted by molar-refractivity contribution is 5.79. The minimum absolute atomic E-state index is 0.0544. The van der Waals surface area contributed by atoms with Gasteiger partial charge >= 0.3 is 0 Å². The number of nitrogens with one attached hydrogen (secondary N) is 1. The summed E-state index contributed by atoms with van der Waals surface area (Å²) in [7, 11) is 0. The van der Waals surface area contributed by atoms with Gasteiger partial charge in [0, 0.05) is 36.3 Å². The summed E-state index contributed by atoms with van der Waals surface area (Å²) in [5.41, 5.74) is 1.18. The Morgan fingerprint density at radius 2 is 1.81 bits per heavy atom. The number of rotatable bonds is 7. The number of carbonyl (C=O) groups is 1. The standard InChI is InChI=1S/C26H35F2N3O/c1-2-3-4-5-18-6-8-20(9-7-18)26(32)31-14-12-19(13-15-31)22-10-11-23(25(28)24(22)27)21-16-29-30-17-21/h10-11,16-20H,2-9,12-15H2,1H3,(H,29,30)/t18-,20-. The summed E-state index contributed by atoms with van der Waals surface area (Å²) in [4.78, 5) is 15.0. The van der Waals surface area contributed by atoms with Crippen LogP contribution >= 0.6 is 0 Å². The van der Waals surface area contributed by atoms with Gasteiger partial charge in [-0.1, -0.05) is 44.7 Å². The first-order valence-electron chi connectivity index (χ1n) is 12.3. The number of hydrogen-bond donors (Lipinski definition) is 1. The summed E-state index contributed by atoms with van der Waals surface area (Å²) in [5, 5.41) is 6.45. The number of nitrogens with zero attached hydrogens (tertiary/aromatic N) is 2. The fraction of sp³-hybridized carbons (Fsp3) is 0.615. The van der Waals surface area contributed by atoms with Crippen LogP contribution < -0.4 is 0 Å². The molecule has 0 bridgehead atoms. The number of benzene rings is 1. The Labute approximate surface area is 189 Å². The zero-order valence-electron chi connectivity index (χ0n) is 19.1. The van der Waals surface area contributed by atoms with E-state index in [1.54, 1.807) is 18.3 Å². The van der Waals surface area contributed by atoms with E-state index in [0.717, 1.165) is 18.8 Å². The van der Waals surface area contributed by atoms with Crippen molar-refractivity contribution in [1.29, 1.82) is 0 Å². The van der Waals surface area contributed by atoms with Crippen molar-refractivity contribution < 1.29 is 13.6 Å². The molecule has 4 rings (SSSR count). The van der Waals surface area contributed by atoms with Gasteiger partial charge in [-0.2, -0.15) is 5.10 Å². The fourth-order valence-electron chi connectivity index (χ4n) is 5.55. The van der Waals surface area contributed by atoms with E-state index in [1.807, 2.05) is 4.90 Å². The number of piperidine rings is 1. The predicted molar refractivity (Wildman–Crippen MR) is 122 cm³/mol. The Hall–Kier alpha value is -2.24. The second kappa shape index (κ2) is 10.6. The van der Waals surface area contributed by atoms with Crippen molar-refractivity contribution in [2.45, 2.75) is 77.0 Å². The maximum atomic E-state index is 14.8. The Bertz CT molecular complexity index is 883. The lowest BCUT2D eigenvalue weighted by molar-refractivity contribution is -0.138. The van der Waals surface area contributed by atoms with Crippen LogP contribution in [0.3, 0.4) is 0 Å².